The summed E-state index contributed by atoms with van der Waals surface area (Å²) in [4.78, 5) is 19.2. The Labute approximate surface area is 146 Å². The fourth-order valence-corrected chi connectivity index (χ4v) is 3.74. The largest absolute Gasteiger partial charge is 0.396 e. The van der Waals surface area contributed by atoms with Crippen molar-refractivity contribution in [3.05, 3.63) is 40.7 Å². The molecule has 1 amide bonds. The van der Waals surface area contributed by atoms with Crippen LogP contribution in [0.5, 0.6) is 0 Å². The Morgan fingerprint density at radius 2 is 2.25 bits per heavy atom. The number of hydrogen-bond donors (Lipinski definition) is 2. The van der Waals surface area contributed by atoms with Crippen LogP contribution in [0.4, 0.5) is 11.5 Å². The first kappa shape index (κ1) is 16.9. The highest BCUT2D eigenvalue weighted by Gasteiger charge is 2.23. The molecule has 0 aliphatic carbocycles. The van der Waals surface area contributed by atoms with E-state index in [0.717, 1.165) is 43.0 Å². The van der Waals surface area contributed by atoms with E-state index in [2.05, 4.69) is 15.2 Å². The van der Waals surface area contributed by atoms with Gasteiger partial charge in [0.25, 0.3) is 0 Å². The molecule has 6 heteroatoms. The van der Waals surface area contributed by atoms with Gasteiger partial charge in [0.1, 0.15) is 0 Å². The molecule has 1 saturated heterocycles. The van der Waals surface area contributed by atoms with Crippen molar-refractivity contribution >= 4 is 28.7 Å². The molecule has 3 heterocycles. The maximum absolute atomic E-state index is 12.6. The van der Waals surface area contributed by atoms with Gasteiger partial charge < -0.3 is 15.3 Å². The number of aromatic nitrogens is 1. The van der Waals surface area contributed by atoms with Crippen molar-refractivity contribution in [1.29, 1.82) is 0 Å². The van der Waals surface area contributed by atoms with Crippen molar-refractivity contribution in [2.24, 2.45) is 5.92 Å². The molecular weight excluding hydrogens is 322 g/mol. The molecule has 0 bridgehead atoms. The second-order valence-electron chi connectivity index (χ2n) is 6.26. The maximum atomic E-state index is 12.6. The molecular formula is C18H23N3O2S. The van der Waals surface area contributed by atoms with Gasteiger partial charge >= 0.3 is 0 Å². The SMILES string of the molecule is CC(C(=O)Nc1cccnc1N1CCC(CO)CC1)c1ccsc1. The van der Waals surface area contributed by atoms with Crippen LogP contribution in [0.15, 0.2) is 35.2 Å². The van der Waals surface area contributed by atoms with Crippen molar-refractivity contribution in [1.82, 2.24) is 4.98 Å². The number of nitrogens with zero attached hydrogens (tertiary/aromatic N) is 2. The van der Waals surface area contributed by atoms with Crippen LogP contribution in [-0.2, 0) is 4.79 Å². The number of carbonyl (C=O) groups excluding carboxylic acids is 1. The summed E-state index contributed by atoms with van der Waals surface area (Å²) >= 11 is 1.60. The van der Waals surface area contributed by atoms with E-state index in [9.17, 15) is 9.90 Å². The summed E-state index contributed by atoms with van der Waals surface area (Å²) in [6.45, 7) is 3.87. The third kappa shape index (κ3) is 3.76. The zero-order valence-corrected chi connectivity index (χ0v) is 14.6. The molecule has 2 aromatic rings. The summed E-state index contributed by atoms with van der Waals surface area (Å²) in [5.41, 5.74) is 1.79. The molecule has 3 rings (SSSR count). The van der Waals surface area contributed by atoms with Crippen LogP contribution in [0.1, 0.15) is 31.2 Å². The number of nitrogens with one attached hydrogen (secondary N) is 1. The Balaban J connectivity index is 1.71. The number of piperidine rings is 1. The van der Waals surface area contributed by atoms with Gasteiger partial charge in [-0.15, -0.1) is 0 Å². The van der Waals surface area contributed by atoms with Crippen LogP contribution in [0.2, 0.25) is 0 Å². The number of pyridine rings is 1. The van der Waals surface area contributed by atoms with E-state index >= 15 is 0 Å². The molecule has 2 N–H and O–H groups in total. The summed E-state index contributed by atoms with van der Waals surface area (Å²) in [5.74, 6) is 0.985. The van der Waals surface area contributed by atoms with Gasteiger partial charge in [0, 0.05) is 25.9 Å². The Morgan fingerprint density at radius 1 is 1.46 bits per heavy atom. The molecule has 2 aromatic heterocycles. The number of aliphatic hydroxyl groups excluding tert-OH is 1. The Hall–Kier alpha value is -1.92. The molecule has 1 fully saturated rings. The van der Waals surface area contributed by atoms with Crippen molar-refractivity contribution in [3.8, 4) is 0 Å². The molecule has 128 valence electrons. The number of amides is 1. The maximum Gasteiger partial charge on any atom is 0.231 e. The van der Waals surface area contributed by atoms with Crippen molar-refractivity contribution < 1.29 is 9.90 Å². The molecule has 0 aromatic carbocycles. The van der Waals surface area contributed by atoms with E-state index < -0.39 is 0 Å². The minimum Gasteiger partial charge on any atom is -0.396 e. The number of carbonyl (C=O) groups is 1. The molecule has 0 radical (unpaired) electrons. The van der Waals surface area contributed by atoms with Gasteiger partial charge in [0.2, 0.25) is 5.91 Å². The lowest BCUT2D eigenvalue weighted by Crippen LogP contribution is -2.36. The van der Waals surface area contributed by atoms with Crippen LogP contribution in [0, 0.1) is 5.92 Å². The lowest BCUT2D eigenvalue weighted by atomic mass is 9.98. The molecule has 24 heavy (non-hydrogen) atoms. The quantitative estimate of drug-likeness (QED) is 0.874. The second kappa shape index (κ2) is 7.77. The zero-order valence-electron chi connectivity index (χ0n) is 13.8. The van der Waals surface area contributed by atoms with Crippen LogP contribution in [0.3, 0.4) is 0 Å². The van der Waals surface area contributed by atoms with E-state index in [4.69, 9.17) is 0 Å². The van der Waals surface area contributed by atoms with Crippen LogP contribution in [-0.4, -0.2) is 35.7 Å². The molecule has 1 unspecified atom stereocenters. The normalized spacial score (nSPS) is 16.8. The third-order valence-electron chi connectivity index (χ3n) is 4.65. The summed E-state index contributed by atoms with van der Waals surface area (Å²) in [7, 11) is 0. The summed E-state index contributed by atoms with van der Waals surface area (Å²) in [5, 5.41) is 16.3. The summed E-state index contributed by atoms with van der Waals surface area (Å²) in [6, 6.07) is 5.73. The molecule has 0 saturated carbocycles. The average Bonchev–Trinajstić information content (AvgIpc) is 3.16. The first-order valence-corrected chi connectivity index (χ1v) is 9.27. The minimum atomic E-state index is -0.190. The van der Waals surface area contributed by atoms with Crippen molar-refractivity contribution in [3.63, 3.8) is 0 Å². The highest BCUT2D eigenvalue weighted by atomic mass is 32.1. The second-order valence-corrected chi connectivity index (χ2v) is 7.04. The Kier molecular flexibility index (Phi) is 5.48. The molecule has 5 nitrogen and oxygen atoms in total. The minimum absolute atomic E-state index is 0.0205. The zero-order chi connectivity index (χ0) is 16.9. The third-order valence-corrected chi connectivity index (χ3v) is 5.35. The van der Waals surface area contributed by atoms with E-state index in [-0.39, 0.29) is 18.4 Å². The van der Waals surface area contributed by atoms with Gasteiger partial charge in [0.15, 0.2) is 5.82 Å². The van der Waals surface area contributed by atoms with Crippen LogP contribution >= 0.6 is 11.3 Å². The fraction of sp³-hybridized carbons (Fsp3) is 0.444. The van der Waals surface area contributed by atoms with Gasteiger partial charge in [-0.05, 0) is 60.2 Å². The van der Waals surface area contributed by atoms with Gasteiger partial charge in [-0.3, -0.25) is 4.79 Å². The molecule has 1 atom stereocenters. The number of thiophene rings is 1. The van der Waals surface area contributed by atoms with Gasteiger partial charge in [-0.2, -0.15) is 11.3 Å². The smallest absolute Gasteiger partial charge is 0.231 e. The molecule has 0 spiro atoms. The predicted molar refractivity (Wildman–Crippen MR) is 97.6 cm³/mol. The van der Waals surface area contributed by atoms with E-state index in [1.807, 2.05) is 35.9 Å². The van der Waals surface area contributed by atoms with E-state index in [0.29, 0.717) is 5.92 Å². The number of hydrogen-bond acceptors (Lipinski definition) is 5. The van der Waals surface area contributed by atoms with Gasteiger partial charge in [-0.25, -0.2) is 4.98 Å². The first-order valence-electron chi connectivity index (χ1n) is 8.33. The van der Waals surface area contributed by atoms with Crippen LogP contribution in [0.25, 0.3) is 0 Å². The van der Waals surface area contributed by atoms with E-state index in [1.165, 1.54) is 0 Å². The Morgan fingerprint density at radius 3 is 2.92 bits per heavy atom. The van der Waals surface area contributed by atoms with Crippen molar-refractivity contribution in [2.75, 3.05) is 29.9 Å². The number of anilines is 2. The van der Waals surface area contributed by atoms with Gasteiger partial charge in [0.05, 0.1) is 11.6 Å². The lowest BCUT2D eigenvalue weighted by molar-refractivity contribution is -0.117. The monoisotopic (exact) mass is 345 g/mol. The Bertz CT molecular complexity index is 667. The fourth-order valence-electron chi connectivity index (χ4n) is 2.99. The van der Waals surface area contributed by atoms with Crippen molar-refractivity contribution in [2.45, 2.75) is 25.7 Å². The van der Waals surface area contributed by atoms with Gasteiger partial charge in [-0.1, -0.05) is 0 Å². The standard InChI is InChI=1S/C18H23N3O2S/c1-13(15-6-10-24-12-15)18(23)20-16-3-2-7-19-17(16)21-8-4-14(11-22)5-9-21/h2-3,6-7,10,12-14,22H,4-5,8-9,11H2,1H3,(H,20,23). The first-order chi connectivity index (χ1) is 11.7. The highest BCUT2D eigenvalue weighted by Crippen LogP contribution is 2.29. The molecule has 1 aliphatic rings. The number of aliphatic hydroxyl groups is 1. The molecule has 1 aliphatic heterocycles. The van der Waals surface area contributed by atoms with Crippen LogP contribution < -0.4 is 10.2 Å². The topological polar surface area (TPSA) is 65.5 Å². The lowest BCUT2D eigenvalue weighted by Gasteiger charge is -2.33. The highest BCUT2D eigenvalue weighted by molar-refractivity contribution is 7.08. The average molecular weight is 345 g/mol. The number of rotatable bonds is 5. The summed E-state index contributed by atoms with van der Waals surface area (Å²) in [6.07, 6.45) is 3.66. The predicted octanol–water partition coefficient (Wildman–Crippen LogP) is 3.09. The summed E-state index contributed by atoms with van der Waals surface area (Å²) < 4.78 is 0. The van der Waals surface area contributed by atoms with E-state index in [1.54, 1.807) is 17.5 Å².